The van der Waals surface area contributed by atoms with E-state index in [1.807, 2.05) is 48.0 Å². The van der Waals surface area contributed by atoms with E-state index >= 15 is 0 Å². The largest absolute Gasteiger partial charge is 0.386 e. The highest BCUT2D eigenvalue weighted by molar-refractivity contribution is 6.31. The first-order valence-corrected chi connectivity index (χ1v) is 7.45. The maximum absolute atomic E-state index is 6.09. The summed E-state index contributed by atoms with van der Waals surface area (Å²) in [6.45, 7) is 2.05. The van der Waals surface area contributed by atoms with Gasteiger partial charge in [0.25, 0.3) is 0 Å². The van der Waals surface area contributed by atoms with Gasteiger partial charge in [-0.25, -0.2) is 0 Å². The van der Waals surface area contributed by atoms with Crippen molar-refractivity contribution in [2.75, 3.05) is 12.4 Å². The number of aromatic nitrogens is 4. The van der Waals surface area contributed by atoms with Gasteiger partial charge in [-0.2, -0.15) is 0 Å². The van der Waals surface area contributed by atoms with Crippen molar-refractivity contribution in [2.45, 2.75) is 13.3 Å². The number of nitrogens with one attached hydrogen (secondary N) is 1. The summed E-state index contributed by atoms with van der Waals surface area (Å²) in [4.78, 5) is 4.39. The van der Waals surface area contributed by atoms with Crippen LogP contribution in [0.5, 0.6) is 0 Å². The van der Waals surface area contributed by atoms with Gasteiger partial charge in [0.05, 0.1) is 11.4 Å². The van der Waals surface area contributed by atoms with Crippen LogP contribution in [0.1, 0.15) is 12.7 Å². The molecule has 6 heteroatoms. The minimum absolute atomic E-state index is 0.679. The topological polar surface area (TPSA) is 55.6 Å². The lowest BCUT2D eigenvalue weighted by atomic mass is 10.2. The summed E-state index contributed by atoms with van der Waals surface area (Å²) >= 11 is 6.09. The van der Waals surface area contributed by atoms with Gasteiger partial charge in [0.1, 0.15) is 11.5 Å². The van der Waals surface area contributed by atoms with E-state index in [1.165, 1.54) is 0 Å². The molecular weight excluding hydrogens is 298 g/mol. The number of aryl methyl sites for hydroxylation is 1. The van der Waals surface area contributed by atoms with Crippen LogP contribution >= 0.6 is 11.6 Å². The molecule has 0 radical (unpaired) electrons. The van der Waals surface area contributed by atoms with Gasteiger partial charge in [-0.15, -0.1) is 10.2 Å². The molecule has 0 atom stereocenters. The van der Waals surface area contributed by atoms with Gasteiger partial charge < -0.3 is 5.32 Å². The molecule has 5 nitrogen and oxygen atoms in total. The van der Waals surface area contributed by atoms with Crippen LogP contribution in [-0.2, 0) is 6.42 Å². The smallest absolute Gasteiger partial charge is 0.187 e. The number of pyridine rings is 1. The molecule has 3 aromatic rings. The molecule has 0 fully saturated rings. The van der Waals surface area contributed by atoms with E-state index < -0.39 is 0 Å². The number of halogens is 1. The Labute approximate surface area is 134 Å². The Balaban J connectivity index is 2.24. The van der Waals surface area contributed by atoms with E-state index in [4.69, 9.17) is 11.6 Å². The second kappa shape index (κ2) is 6.15. The average molecular weight is 314 g/mol. The SMILES string of the molecule is CCc1nnc(-c2ccccn2)n1-c1ccc(Cl)cc1NC. The van der Waals surface area contributed by atoms with Crippen molar-refractivity contribution in [1.82, 2.24) is 19.7 Å². The maximum atomic E-state index is 6.09. The molecule has 0 amide bonds. The van der Waals surface area contributed by atoms with Crippen molar-refractivity contribution in [1.29, 1.82) is 0 Å². The van der Waals surface area contributed by atoms with Gasteiger partial charge in [-0.1, -0.05) is 24.6 Å². The van der Waals surface area contributed by atoms with Crippen LogP contribution in [0, 0.1) is 0 Å². The van der Waals surface area contributed by atoms with Crippen molar-refractivity contribution in [3.63, 3.8) is 0 Å². The van der Waals surface area contributed by atoms with E-state index in [0.717, 1.165) is 35.1 Å². The highest BCUT2D eigenvalue weighted by Crippen LogP contribution is 2.29. The van der Waals surface area contributed by atoms with E-state index in [2.05, 4.69) is 27.4 Å². The van der Waals surface area contributed by atoms with Gasteiger partial charge >= 0.3 is 0 Å². The molecule has 112 valence electrons. The molecule has 22 heavy (non-hydrogen) atoms. The standard InChI is InChI=1S/C16H16ClN5/c1-3-15-20-21-16(12-6-4-5-9-19-12)22(15)14-8-7-11(17)10-13(14)18-2/h4-10,18H,3H2,1-2H3. The number of anilines is 1. The van der Waals surface area contributed by atoms with Crippen molar-refractivity contribution in [3.8, 4) is 17.2 Å². The van der Waals surface area contributed by atoms with E-state index in [1.54, 1.807) is 6.20 Å². The Morgan fingerprint density at radius 3 is 2.73 bits per heavy atom. The van der Waals surface area contributed by atoms with Crippen molar-refractivity contribution < 1.29 is 0 Å². The molecule has 2 aromatic heterocycles. The zero-order valence-corrected chi connectivity index (χ0v) is 13.2. The molecule has 0 aliphatic heterocycles. The maximum Gasteiger partial charge on any atom is 0.187 e. The van der Waals surface area contributed by atoms with Gasteiger partial charge in [-0.05, 0) is 30.3 Å². The van der Waals surface area contributed by atoms with Gasteiger partial charge in [0.15, 0.2) is 5.82 Å². The van der Waals surface area contributed by atoms with Gasteiger partial charge in [0.2, 0.25) is 0 Å². The minimum atomic E-state index is 0.679. The van der Waals surface area contributed by atoms with Gasteiger partial charge in [0, 0.05) is 24.7 Å². The summed E-state index contributed by atoms with van der Waals surface area (Å²) in [5, 5.41) is 12.5. The van der Waals surface area contributed by atoms with Crippen molar-refractivity contribution in [2.24, 2.45) is 0 Å². The quantitative estimate of drug-likeness (QED) is 0.799. The number of rotatable bonds is 4. The molecule has 2 heterocycles. The van der Waals surface area contributed by atoms with Crippen molar-refractivity contribution >= 4 is 17.3 Å². The Morgan fingerprint density at radius 2 is 2.05 bits per heavy atom. The predicted molar refractivity (Wildman–Crippen MR) is 88.5 cm³/mol. The number of nitrogens with zero attached hydrogens (tertiary/aromatic N) is 4. The molecule has 0 bridgehead atoms. The second-order valence-electron chi connectivity index (χ2n) is 4.76. The van der Waals surface area contributed by atoms with Crippen LogP contribution in [0.3, 0.4) is 0 Å². The molecule has 0 saturated carbocycles. The molecule has 1 N–H and O–H groups in total. The number of benzene rings is 1. The third-order valence-electron chi connectivity index (χ3n) is 3.41. The predicted octanol–water partition coefficient (Wildman–Crippen LogP) is 3.59. The minimum Gasteiger partial charge on any atom is -0.386 e. The fourth-order valence-electron chi connectivity index (χ4n) is 2.36. The van der Waals surface area contributed by atoms with Gasteiger partial charge in [-0.3, -0.25) is 9.55 Å². The lowest BCUT2D eigenvalue weighted by Crippen LogP contribution is -2.06. The van der Waals surface area contributed by atoms with Crippen LogP contribution in [0.2, 0.25) is 5.02 Å². The first-order valence-electron chi connectivity index (χ1n) is 7.08. The zero-order chi connectivity index (χ0) is 15.5. The van der Waals surface area contributed by atoms with E-state index in [9.17, 15) is 0 Å². The third kappa shape index (κ3) is 2.55. The molecule has 0 aliphatic carbocycles. The summed E-state index contributed by atoms with van der Waals surface area (Å²) in [6.07, 6.45) is 2.52. The first-order chi connectivity index (χ1) is 10.7. The fourth-order valence-corrected chi connectivity index (χ4v) is 2.54. The molecule has 0 saturated heterocycles. The Hall–Kier alpha value is -2.40. The molecule has 0 unspecified atom stereocenters. The highest BCUT2D eigenvalue weighted by Gasteiger charge is 2.17. The molecule has 0 aliphatic rings. The summed E-state index contributed by atoms with van der Waals surface area (Å²) in [5.41, 5.74) is 2.65. The Bertz CT molecular complexity index is 782. The monoisotopic (exact) mass is 313 g/mol. The third-order valence-corrected chi connectivity index (χ3v) is 3.64. The Morgan fingerprint density at radius 1 is 1.18 bits per heavy atom. The lowest BCUT2D eigenvalue weighted by molar-refractivity contribution is 0.884. The zero-order valence-electron chi connectivity index (χ0n) is 12.4. The highest BCUT2D eigenvalue weighted by atomic mass is 35.5. The summed E-state index contributed by atoms with van der Waals surface area (Å²) < 4.78 is 2.02. The van der Waals surface area contributed by atoms with Crippen LogP contribution < -0.4 is 5.32 Å². The number of hydrogen-bond donors (Lipinski definition) is 1. The molecular formula is C16H16ClN5. The normalized spacial score (nSPS) is 10.7. The Kier molecular flexibility index (Phi) is 4.06. The lowest BCUT2D eigenvalue weighted by Gasteiger charge is -2.14. The summed E-state index contributed by atoms with van der Waals surface area (Å²) in [7, 11) is 1.87. The van der Waals surface area contributed by atoms with Crippen LogP contribution in [-0.4, -0.2) is 26.8 Å². The molecule has 0 spiro atoms. The fraction of sp³-hybridized carbons (Fsp3) is 0.188. The number of hydrogen-bond acceptors (Lipinski definition) is 4. The summed E-state index contributed by atoms with van der Waals surface area (Å²) in [5.74, 6) is 1.59. The summed E-state index contributed by atoms with van der Waals surface area (Å²) in [6, 6.07) is 11.5. The second-order valence-corrected chi connectivity index (χ2v) is 5.19. The van der Waals surface area contributed by atoms with E-state index in [0.29, 0.717) is 5.02 Å². The van der Waals surface area contributed by atoms with Crippen molar-refractivity contribution in [3.05, 3.63) is 53.4 Å². The van der Waals surface area contributed by atoms with Crippen LogP contribution in [0.4, 0.5) is 5.69 Å². The molecule has 1 aromatic carbocycles. The van der Waals surface area contributed by atoms with Crippen LogP contribution in [0.25, 0.3) is 17.2 Å². The first kappa shape index (κ1) is 14.5. The average Bonchev–Trinajstić information content (AvgIpc) is 2.99. The van der Waals surface area contributed by atoms with E-state index in [-0.39, 0.29) is 0 Å². The van der Waals surface area contributed by atoms with Crippen LogP contribution in [0.15, 0.2) is 42.6 Å². The molecule has 3 rings (SSSR count).